The molecule has 0 amide bonds. The molecule has 3 aliphatic carbocycles. The molecule has 0 aromatic heterocycles. The first-order valence-corrected chi connectivity index (χ1v) is 11.5. The Bertz CT molecular complexity index is 524. The quantitative estimate of drug-likeness (QED) is 0.680. The number of fused-ring (bicyclic) bond motifs is 1. The number of ketones is 1. The number of rotatable bonds is 1. The second kappa shape index (κ2) is 8.04. The number of nitrogens with one attached hydrogen (secondary N) is 1. The van der Waals surface area contributed by atoms with Gasteiger partial charge in [-0.05, 0) is 70.1 Å². The van der Waals surface area contributed by atoms with Gasteiger partial charge in [0.1, 0.15) is 0 Å². The SMILES string of the molecule is O=C1CCCC/C1=C1\CC(C2CCC(O)CC2)SC2CCCCC2N1. The van der Waals surface area contributed by atoms with E-state index < -0.39 is 0 Å². The van der Waals surface area contributed by atoms with Gasteiger partial charge in [0.2, 0.25) is 0 Å². The topological polar surface area (TPSA) is 49.3 Å². The summed E-state index contributed by atoms with van der Waals surface area (Å²) in [4.78, 5) is 12.6. The first kappa shape index (κ1) is 17.9. The van der Waals surface area contributed by atoms with Crippen molar-refractivity contribution in [1.82, 2.24) is 5.32 Å². The summed E-state index contributed by atoms with van der Waals surface area (Å²) in [6.45, 7) is 0. The highest BCUT2D eigenvalue weighted by Gasteiger charge is 2.38. The Labute approximate surface area is 156 Å². The third-order valence-corrected chi connectivity index (χ3v) is 8.68. The number of hydrogen-bond acceptors (Lipinski definition) is 4. The lowest BCUT2D eigenvalue weighted by atomic mass is 9.82. The van der Waals surface area contributed by atoms with Crippen LogP contribution in [0.3, 0.4) is 0 Å². The van der Waals surface area contributed by atoms with E-state index in [9.17, 15) is 9.90 Å². The summed E-state index contributed by atoms with van der Waals surface area (Å²) in [5.74, 6) is 1.12. The minimum Gasteiger partial charge on any atom is -0.393 e. The fourth-order valence-corrected chi connectivity index (χ4v) is 7.24. The van der Waals surface area contributed by atoms with Gasteiger partial charge >= 0.3 is 0 Å². The van der Waals surface area contributed by atoms with Crippen molar-refractivity contribution in [3.8, 4) is 0 Å². The van der Waals surface area contributed by atoms with E-state index in [1.165, 1.54) is 37.8 Å². The number of carbonyl (C=O) groups is 1. The smallest absolute Gasteiger partial charge is 0.160 e. The normalized spacial score (nSPS) is 43.1. The van der Waals surface area contributed by atoms with Crippen LogP contribution < -0.4 is 5.32 Å². The van der Waals surface area contributed by atoms with E-state index in [1.54, 1.807) is 0 Å². The van der Waals surface area contributed by atoms with Crippen molar-refractivity contribution in [3.63, 3.8) is 0 Å². The Morgan fingerprint density at radius 3 is 2.44 bits per heavy atom. The Balaban J connectivity index is 1.58. The zero-order chi connectivity index (χ0) is 17.2. The Morgan fingerprint density at radius 2 is 1.64 bits per heavy atom. The molecule has 0 aromatic carbocycles. The Hall–Kier alpha value is -0.480. The number of aliphatic hydroxyl groups is 1. The molecule has 0 bridgehead atoms. The summed E-state index contributed by atoms with van der Waals surface area (Å²) < 4.78 is 0. The second-order valence-corrected chi connectivity index (χ2v) is 10.1. The summed E-state index contributed by atoms with van der Waals surface area (Å²) in [6.07, 6.45) is 14.5. The van der Waals surface area contributed by atoms with Crippen LogP contribution in [0.25, 0.3) is 0 Å². The minimum atomic E-state index is -0.0784. The van der Waals surface area contributed by atoms with Gasteiger partial charge < -0.3 is 10.4 Å². The van der Waals surface area contributed by atoms with Gasteiger partial charge in [-0.2, -0.15) is 11.8 Å². The molecule has 4 fully saturated rings. The molecular weight excluding hydrogens is 330 g/mol. The van der Waals surface area contributed by atoms with E-state index in [4.69, 9.17) is 0 Å². The molecule has 1 saturated heterocycles. The number of hydrogen-bond donors (Lipinski definition) is 2. The van der Waals surface area contributed by atoms with Crippen LogP contribution in [0.1, 0.15) is 83.5 Å². The van der Waals surface area contributed by atoms with Crippen molar-refractivity contribution in [2.24, 2.45) is 5.92 Å². The van der Waals surface area contributed by atoms with Crippen LogP contribution in [0.5, 0.6) is 0 Å². The highest BCUT2D eigenvalue weighted by Crippen LogP contribution is 2.44. The van der Waals surface area contributed by atoms with Gasteiger partial charge in [0.25, 0.3) is 0 Å². The molecule has 2 N–H and O–H groups in total. The molecule has 3 unspecified atom stereocenters. The summed E-state index contributed by atoms with van der Waals surface area (Å²) in [7, 11) is 0. The summed E-state index contributed by atoms with van der Waals surface area (Å²) in [6, 6.07) is 0.565. The molecule has 140 valence electrons. The molecule has 3 saturated carbocycles. The second-order valence-electron chi connectivity index (χ2n) is 8.61. The van der Waals surface area contributed by atoms with Crippen LogP contribution in [0.4, 0.5) is 0 Å². The fraction of sp³-hybridized carbons (Fsp3) is 0.857. The molecule has 4 heteroatoms. The average Bonchev–Trinajstić information content (AvgIpc) is 2.82. The highest BCUT2D eigenvalue weighted by molar-refractivity contribution is 8.00. The number of aliphatic hydroxyl groups excluding tert-OH is 1. The predicted octanol–water partition coefficient (Wildman–Crippen LogP) is 4.34. The van der Waals surface area contributed by atoms with Gasteiger partial charge in [0.05, 0.1) is 6.10 Å². The third kappa shape index (κ3) is 4.10. The van der Waals surface area contributed by atoms with E-state index in [0.717, 1.165) is 56.9 Å². The largest absolute Gasteiger partial charge is 0.393 e. The van der Waals surface area contributed by atoms with Crippen molar-refractivity contribution in [2.45, 2.75) is 106 Å². The van der Waals surface area contributed by atoms with Crippen molar-refractivity contribution >= 4 is 17.5 Å². The van der Waals surface area contributed by atoms with Crippen LogP contribution >= 0.6 is 11.8 Å². The zero-order valence-electron chi connectivity index (χ0n) is 15.3. The van der Waals surface area contributed by atoms with E-state index >= 15 is 0 Å². The van der Waals surface area contributed by atoms with Gasteiger partial charge in [0.15, 0.2) is 5.78 Å². The lowest BCUT2D eigenvalue weighted by Gasteiger charge is -2.34. The summed E-state index contributed by atoms with van der Waals surface area (Å²) in [5.41, 5.74) is 2.45. The van der Waals surface area contributed by atoms with Crippen molar-refractivity contribution in [1.29, 1.82) is 0 Å². The van der Waals surface area contributed by atoms with Gasteiger partial charge in [-0.3, -0.25) is 4.79 Å². The maximum absolute atomic E-state index is 12.6. The number of allylic oxidation sites excluding steroid dienone is 2. The lowest BCUT2D eigenvalue weighted by Crippen LogP contribution is -2.39. The van der Waals surface area contributed by atoms with E-state index in [2.05, 4.69) is 17.1 Å². The Morgan fingerprint density at radius 1 is 0.880 bits per heavy atom. The standard InChI is InChI=1S/C21H33NO2S/c23-15-11-9-14(10-12-15)21-13-18(16-5-1-3-7-19(16)24)22-17-6-2-4-8-20(17)25-21/h14-15,17,20-23H,1-13H2/b18-16-. The van der Waals surface area contributed by atoms with Gasteiger partial charge in [-0.25, -0.2) is 0 Å². The summed E-state index contributed by atoms with van der Waals surface area (Å²) >= 11 is 2.22. The maximum atomic E-state index is 12.6. The molecule has 0 spiro atoms. The molecule has 1 heterocycles. The molecule has 0 radical (unpaired) electrons. The van der Waals surface area contributed by atoms with Crippen LogP contribution in [0.15, 0.2) is 11.3 Å². The molecule has 4 rings (SSSR count). The summed E-state index contributed by atoms with van der Waals surface area (Å²) in [5, 5.41) is 15.1. The zero-order valence-corrected chi connectivity index (χ0v) is 16.2. The molecular formula is C21H33NO2S. The third-order valence-electron chi connectivity index (χ3n) is 6.87. The lowest BCUT2D eigenvalue weighted by molar-refractivity contribution is -0.116. The molecule has 25 heavy (non-hydrogen) atoms. The first-order valence-electron chi connectivity index (χ1n) is 10.6. The molecule has 3 nitrogen and oxygen atoms in total. The maximum Gasteiger partial charge on any atom is 0.160 e. The van der Waals surface area contributed by atoms with Crippen LogP contribution in [0.2, 0.25) is 0 Å². The first-order chi connectivity index (χ1) is 12.2. The van der Waals surface area contributed by atoms with E-state index in [0.29, 0.717) is 28.2 Å². The van der Waals surface area contributed by atoms with Crippen molar-refractivity contribution in [2.75, 3.05) is 0 Å². The fourth-order valence-electron chi connectivity index (χ4n) is 5.34. The van der Waals surface area contributed by atoms with E-state index in [-0.39, 0.29) is 6.10 Å². The van der Waals surface area contributed by atoms with Gasteiger partial charge in [0, 0.05) is 34.2 Å². The Kier molecular flexibility index (Phi) is 5.76. The van der Waals surface area contributed by atoms with Crippen molar-refractivity contribution in [3.05, 3.63) is 11.3 Å². The van der Waals surface area contributed by atoms with Gasteiger partial charge in [-0.1, -0.05) is 12.8 Å². The van der Waals surface area contributed by atoms with Crippen LogP contribution in [-0.2, 0) is 4.79 Å². The molecule has 0 aromatic rings. The number of Topliss-reactive ketones (excluding diaryl/α,β-unsaturated/α-hetero) is 1. The predicted molar refractivity (Wildman–Crippen MR) is 104 cm³/mol. The highest BCUT2D eigenvalue weighted by atomic mass is 32.2. The van der Waals surface area contributed by atoms with Crippen LogP contribution in [0, 0.1) is 5.92 Å². The molecule has 3 atom stereocenters. The van der Waals surface area contributed by atoms with Crippen LogP contribution in [-0.4, -0.2) is 33.5 Å². The molecule has 4 aliphatic rings. The monoisotopic (exact) mass is 363 g/mol. The molecule has 1 aliphatic heterocycles. The van der Waals surface area contributed by atoms with Crippen molar-refractivity contribution < 1.29 is 9.90 Å². The van der Waals surface area contributed by atoms with E-state index in [1.807, 2.05) is 0 Å². The number of carbonyl (C=O) groups excluding carboxylic acids is 1. The van der Waals surface area contributed by atoms with Gasteiger partial charge in [-0.15, -0.1) is 0 Å². The number of thioether (sulfide) groups is 1. The minimum absolute atomic E-state index is 0.0784. The average molecular weight is 364 g/mol.